The zero-order chi connectivity index (χ0) is 14.0. The second kappa shape index (κ2) is 5.11. The van der Waals surface area contributed by atoms with Gasteiger partial charge in [0.15, 0.2) is 23.3 Å². The Morgan fingerprint density at radius 1 is 1.00 bits per heavy atom. The second-order valence-electron chi connectivity index (χ2n) is 3.54. The molecule has 2 aromatic rings. The van der Waals surface area contributed by atoms with Crippen LogP contribution in [0.15, 0.2) is 24.4 Å². The molecule has 0 spiro atoms. The average molecular weight is 272 g/mol. The van der Waals surface area contributed by atoms with Crippen LogP contribution < -0.4 is 16.6 Å². The van der Waals surface area contributed by atoms with Crippen molar-refractivity contribution in [2.45, 2.75) is 0 Å². The van der Waals surface area contributed by atoms with Crippen LogP contribution >= 0.6 is 0 Å². The van der Waals surface area contributed by atoms with E-state index in [1.807, 2.05) is 0 Å². The molecule has 0 fully saturated rings. The molecule has 0 saturated heterocycles. The summed E-state index contributed by atoms with van der Waals surface area (Å²) in [6.45, 7) is 0. The third-order valence-electron chi connectivity index (χ3n) is 2.29. The summed E-state index contributed by atoms with van der Waals surface area (Å²) >= 11 is 0. The van der Waals surface area contributed by atoms with E-state index in [0.29, 0.717) is 0 Å². The summed E-state index contributed by atoms with van der Waals surface area (Å²) in [6.07, 6.45) is 1.29. The number of benzene rings is 1. The normalized spacial score (nSPS) is 10.4. The highest BCUT2D eigenvalue weighted by Crippen LogP contribution is 2.27. The summed E-state index contributed by atoms with van der Waals surface area (Å²) in [4.78, 5) is 3.77. The van der Waals surface area contributed by atoms with Crippen molar-refractivity contribution in [1.82, 2.24) is 4.98 Å². The van der Waals surface area contributed by atoms with Crippen LogP contribution in [0.4, 0.5) is 34.8 Å². The molecule has 2 rings (SSSR count). The van der Waals surface area contributed by atoms with E-state index in [0.717, 1.165) is 0 Å². The molecule has 0 amide bonds. The van der Waals surface area contributed by atoms with E-state index in [2.05, 4.69) is 15.7 Å². The molecular weight excluding hydrogens is 264 g/mol. The maximum absolute atomic E-state index is 13.4. The number of halogens is 4. The fourth-order valence-corrected chi connectivity index (χ4v) is 1.41. The fourth-order valence-electron chi connectivity index (χ4n) is 1.41. The monoisotopic (exact) mass is 272 g/mol. The zero-order valence-corrected chi connectivity index (χ0v) is 9.35. The first-order valence-electron chi connectivity index (χ1n) is 5.05. The van der Waals surface area contributed by atoms with Crippen molar-refractivity contribution in [2.75, 3.05) is 10.7 Å². The second-order valence-corrected chi connectivity index (χ2v) is 3.54. The summed E-state index contributed by atoms with van der Waals surface area (Å²) < 4.78 is 52.8. The lowest BCUT2D eigenvalue weighted by atomic mass is 10.2. The molecule has 100 valence electrons. The van der Waals surface area contributed by atoms with Gasteiger partial charge in [0.1, 0.15) is 11.5 Å². The summed E-state index contributed by atoms with van der Waals surface area (Å²) in [7, 11) is 0. The van der Waals surface area contributed by atoms with Crippen LogP contribution in [0.3, 0.4) is 0 Å². The van der Waals surface area contributed by atoms with E-state index in [-0.39, 0.29) is 17.6 Å². The predicted octanol–water partition coefficient (Wildman–Crippen LogP) is 2.67. The third-order valence-corrected chi connectivity index (χ3v) is 2.29. The summed E-state index contributed by atoms with van der Waals surface area (Å²) in [5, 5.41) is 2.23. The van der Waals surface area contributed by atoms with Gasteiger partial charge in [-0.25, -0.2) is 28.4 Å². The Labute approximate surface area is 105 Å². The number of nitrogens with two attached hydrogens (primary N) is 1. The lowest BCUT2D eigenvalue weighted by molar-refractivity contribution is 0.459. The molecule has 19 heavy (non-hydrogen) atoms. The van der Waals surface area contributed by atoms with Gasteiger partial charge in [0.05, 0.1) is 0 Å². The Morgan fingerprint density at radius 3 is 2.21 bits per heavy atom. The molecule has 1 aromatic carbocycles. The van der Waals surface area contributed by atoms with E-state index in [1.54, 1.807) is 0 Å². The Hall–Kier alpha value is -2.35. The molecule has 0 radical (unpaired) electrons. The zero-order valence-electron chi connectivity index (χ0n) is 9.35. The molecule has 0 unspecified atom stereocenters. The predicted molar refractivity (Wildman–Crippen MR) is 61.6 cm³/mol. The number of pyridine rings is 1. The van der Waals surface area contributed by atoms with E-state index >= 15 is 0 Å². The number of aromatic nitrogens is 1. The molecule has 0 saturated carbocycles. The number of hydrogen-bond donors (Lipinski definition) is 3. The van der Waals surface area contributed by atoms with Gasteiger partial charge in [-0.15, -0.1) is 0 Å². The smallest absolute Gasteiger partial charge is 0.185 e. The first-order chi connectivity index (χ1) is 9.02. The molecule has 4 nitrogen and oxygen atoms in total. The van der Waals surface area contributed by atoms with Gasteiger partial charge in [-0.1, -0.05) is 0 Å². The van der Waals surface area contributed by atoms with Crippen LogP contribution in [0.1, 0.15) is 0 Å². The van der Waals surface area contributed by atoms with Crippen LogP contribution in [0.5, 0.6) is 0 Å². The van der Waals surface area contributed by atoms with Gasteiger partial charge in [0, 0.05) is 24.0 Å². The van der Waals surface area contributed by atoms with Crippen LogP contribution in [-0.2, 0) is 0 Å². The molecule has 8 heteroatoms. The average Bonchev–Trinajstić information content (AvgIpc) is 2.41. The SMILES string of the molecule is NNc1cc(Nc2c(F)c(F)cc(F)c2F)ccn1. The van der Waals surface area contributed by atoms with Gasteiger partial charge in [-0.2, -0.15) is 0 Å². The van der Waals surface area contributed by atoms with E-state index in [4.69, 9.17) is 5.84 Å². The quantitative estimate of drug-likeness (QED) is 0.348. The van der Waals surface area contributed by atoms with Gasteiger partial charge in [-0.05, 0) is 6.07 Å². The van der Waals surface area contributed by atoms with Gasteiger partial charge in [-0.3, -0.25) is 0 Å². The maximum Gasteiger partial charge on any atom is 0.185 e. The first kappa shape index (κ1) is 13.1. The number of nitrogens with one attached hydrogen (secondary N) is 2. The molecule has 0 aliphatic rings. The standard InChI is InChI=1S/C11H8F4N4/c12-6-4-7(13)10(15)11(9(6)14)18-5-1-2-17-8(3-5)19-16/h1-4H,16H2,(H2,17,18,19). The molecule has 1 aromatic heterocycles. The largest absolute Gasteiger partial charge is 0.350 e. The number of hydrazine groups is 1. The molecule has 0 aliphatic carbocycles. The number of nitrogens with zero attached hydrogens (tertiary/aromatic N) is 1. The number of hydrogen-bond acceptors (Lipinski definition) is 4. The highest BCUT2D eigenvalue weighted by atomic mass is 19.2. The Balaban J connectivity index is 2.43. The van der Waals surface area contributed by atoms with Gasteiger partial charge in [0.2, 0.25) is 0 Å². The van der Waals surface area contributed by atoms with Crippen molar-refractivity contribution in [3.05, 3.63) is 47.7 Å². The molecule has 4 N–H and O–H groups in total. The molecule has 0 aliphatic heterocycles. The lowest BCUT2D eigenvalue weighted by Crippen LogP contribution is -2.09. The van der Waals surface area contributed by atoms with E-state index in [9.17, 15) is 17.6 Å². The van der Waals surface area contributed by atoms with Crippen molar-refractivity contribution in [3.8, 4) is 0 Å². The topological polar surface area (TPSA) is 63.0 Å². The number of anilines is 3. The molecular formula is C11H8F4N4. The van der Waals surface area contributed by atoms with Gasteiger partial charge >= 0.3 is 0 Å². The minimum absolute atomic E-state index is 0.134. The molecule has 1 heterocycles. The minimum atomic E-state index is -1.52. The lowest BCUT2D eigenvalue weighted by Gasteiger charge is -2.10. The van der Waals surface area contributed by atoms with Crippen molar-refractivity contribution >= 4 is 17.2 Å². The van der Waals surface area contributed by atoms with Crippen LogP contribution in [0.25, 0.3) is 0 Å². The number of rotatable bonds is 3. The summed E-state index contributed by atoms with van der Waals surface area (Å²) in [5.41, 5.74) is 1.45. The Kier molecular flexibility index (Phi) is 3.52. The summed E-state index contributed by atoms with van der Waals surface area (Å²) in [5.74, 6) is -0.695. The van der Waals surface area contributed by atoms with Crippen molar-refractivity contribution < 1.29 is 17.6 Å². The van der Waals surface area contributed by atoms with Crippen LogP contribution in [0.2, 0.25) is 0 Å². The molecule has 0 atom stereocenters. The third kappa shape index (κ3) is 2.58. The number of nitrogen functional groups attached to an aromatic ring is 1. The minimum Gasteiger partial charge on any atom is -0.350 e. The highest BCUT2D eigenvalue weighted by molar-refractivity contribution is 5.63. The Bertz CT molecular complexity index is 592. The van der Waals surface area contributed by atoms with Crippen molar-refractivity contribution in [2.24, 2.45) is 5.84 Å². The van der Waals surface area contributed by atoms with Crippen molar-refractivity contribution in [3.63, 3.8) is 0 Å². The van der Waals surface area contributed by atoms with E-state index in [1.165, 1.54) is 18.3 Å². The fraction of sp³-hybridized carbons (Fsp3) is 0. The van der Waals surface area contributed by atoms with E-state index < -0.39 is 29.0 Å². The Morgan fingerprint density at radius 2 is 1.63 bits per heavy atom. The van der Waals surface area contributed by atoms with Crippen LogP contribution in [0, 0.1) is 23.3 Å². The highest BCUT2D eigenvalue weighted by Gasteiger charge is 2.19. The van der Waals surface area contributed by atoms with Gasteiger partial charge in [0.25, 0.3) is 0 Å². The first-order valence-corrected chi connectivity index (χ1v) is 5.05. The van der Waals surface area contributed by atoms with Crippen molar-refractivity contribution in [1.29, 1.82) is 0 Å². The van der Waals surface area contributed by atoms with Crippen LogP contribution in [-0.4, -0.2) is 4.98 Å². The maximum atomic E-state index is 13.4. The summed E-state index contributed by atoms with van der Waals surface area (Å²) in [6, 6.07) is 2.79. The molecule has 0 bridgehead atoms. The van der Waals surface area contributed by atoms with Gasteiger partial charge < -0.3 is 10.7 Å².